The predicted molar refractivity (Wildman–Crippen MR) is 48.4 cm³/mol. The molecule has 1 aromatic rings. The average Bonchev–Trinajstić information content (AvgIpc) is 2.55. The first kappa shape index (κ1) is 10.4. The number of nitrogens with zero attached hydrogens (tertiary/aromatic N) is 2. The number of hydrogen-bond donors (Lipinski definition) is 2. The van der Waals surface area contributed by atoms with E-state index in [-0.39, 0.29) is 18.1 Å². The minimum absolute atomic E-state index is 0.0591. The second-order valence-electron chi connectivity index (χ2n) is 2.91. The summed E-state index contributed by atoms with van der Waals surface area (Å²) in [7, 11) is 0. The smallest absolute Gasteiger partial charge is 0.227 e. The fourth-order valence-electron chi connectivity index (χ4n) is 0.960. The van der Waals surface area contributed by atoms with Gasteiger partial charge in [-0.25, -0.2) is 4.98 Å². The first-order valence-corrected chi connectivity index (χ1v) is 4.29. The molecular weight excluding hydrogens is 184 g/mol. The van der Waals surface area contributed by atoms with E-state index >= 15 is 0 Å². The minimum Gasteiger partial charge on any atom is -0.355 e. The topological polar surface area (TPSA) is 87.7 Å². The van der Waals surface area contributed by atoms with Crippen LogP contribution in [0.15, 0.2) is 6.33 Å². The van der Waals surface area contributed by atoms with E-state index in [0.717, 1.165) is 0 Å². The molecule has 0 saturated heterocycles. The monoisotopic (exact) mass is 196 g/mol. The van der Waals surface area contributed by atoms with Crippen LogP contribution < -0.4 is 5.32 Å². The molecule has 1 aromatic heterocycles. The maximum absolute atomic E-state index is 11.0. The van der Waals surface area contributed by atoms with Gasteiger partial charge < -0.3 is 5.32 Å². The SMILES string of the molecule is CC(=O)CC(=O)NCCc1ncn[nH]1. The molecule has 1 rings (SSSR count). The van der Waals surface area contributed by atoms with Gasteiger partial charge in [-0.15, -0.1) is 0 Å². The fraction of sp³-hybridized carbons (Fsp3) is 0.500. The quantitative estimate of drug-likeness (QED) is 0.618. The summed E-state index contributed by atoms with van der Waals surface area (Å²) >= 11 is 0. The summed E-state index contributed by atoms with van der Waals surface area (Å²) < 4.78 is 0. The van der Waals surface area contributed by atoms with Crippen LogP contribution in [-0.4, -0.2) is 33.4 Å². The molecule has 0 bridgehead atoms. The highest BCUT2D eigenvalue weighted by molar-refractivity contribution is 5.96. The van der Waals surface area contributed by atoms with Crippen molar-refractivity contribution in [1.82, 2.24) is 20.5 Å². The van der Waals surface area contributed by atoms with Gasteiger partial charge in [-0.2, -0.15) is 5.10 Å². The van der Waals surface area contributed by atoms with Crippen molar-refractivity contribution in [3.8, 4) is 0 Å². The Morgan fingerprint density at radius 1 is 1.57 bits per heavy atom. The first-order chi connectivity index (χ1) is 6.68. The molecular formula is C8H12N4O2. The average molecular weight is 196 g/mol. The summed E-state index contributed by atoms with van der Waals surface area (Å²) in [6, 6.07) is 0. The Bertz CT molecular complexity index is 307. The number of rotatable bonds is 5. The van der Waals surface area contributed by atoms with Gasteiger partial charge >= 0.3 is 0 Å². The molecule has 0 aliphatic carbocycles. The maximum Gasteiger partial charge on any atom is 0.227 e. The van der Waals surface area contributed by atoms with Crippen LogP contribution in [-0.2, 0) is 16.0 Å². The van der Waals surface area contributed by atoms with Crippen molar-refractivity contribution >= 4 is 11.7 Å². The van der Waals surface area contributed by atoms with Crippen LogP contribution in [0.4, 0.5) is 0 Å². The van der Waals surface area contributed by atoms with Crippen molar-refractivity contribution in [2.24, 2.45) is 0 Å². The van der Waals surface area contributed by atoms with Crippen LogP contribution in [0.2, 0.25) is 0 Å². The lowest BCUT2D eigenvalue weighted by atomic mass is 10.3. The van der Waals surface area contributed by atoms with Gasteiger partial charge in [0.2, 0.25) is 5.91 Å². The maximum atomic E-state index is 11.0. The molecule has 1 heterocycles. The van der Waals surface area contributed by atoms with Gasteiger partial charge in [-0.05, 0) is 6.92 Å². The van der Waals surface area contributed by atoms with Gasteiger partial charge in [-0.1, -0.05) is 0 Å². The highest BCUT2D eigenvalue weighted by Gasteiger charge is 2.04. The van der Waals surface area contributed by atoms with Crippen LogP contribution in [0.3, 0.4) is 0 Å². The lowest BCUT2D eigenvalue weighted by Crippen LogP contribution is -2.27. The lowest BCUT2D eigenvalue weighted by molar-refractivity contribution is -0.127. The molecule has 0 saturated carbocycles. The molecule has 2 N–H and O–H groups in total. The summed E-state index contributed by atoms with van der Waals surface area (Å²) in [6.45, 7) is 1.84. The first-order valence-electron chi connectivity index (χ1n) is 4.29. The van der Waals surface area contributed by atoms with E-state index in [1.54, 1.807) is 0 Å². The largest absolute Gasteiger partial charge is 0.355 e. The number of ketones is 1. The number of Topliss-reactive ketones (excluding diaryl/α,β-unsaturated/α-hetero) is 1. The Balaban J connectivity index is 2.15. The number of nitrogens with one attached hydrogen (secondary N) is 2. The van der Waals surface area contributed by atoms with E-state index in [9.17, 15) is 9.59 Å². The van der Waals surface area contributed by atoms with Gasteiger partial charge in [-0.3, -0.25) is 14.7 Å². The third-order valence-electron chi connectivity index (χ3n) is 1.56. The standard InChI is InChI=1S/C8H12N4O2/c1-6(13)4-8(14)9-3-2-7-10-5-11-12-7/h5H,2-4H2,1H3,(H,9,14)(H,10,11,12). The van der Waals surface area contributed by atoms with Crippen LogP contribution in [0, 0.1) is 0 Å². The molecule has 0 atom stereocenters. The molecule has 6 heteroatoms. The highest BCUT2D eigenvalue weighted by Crippen LogP contribution is 1.86. The molecule has 0 spiro atoms. The molecule has 14 heavy (non-hydrogen) atoms. The molecule has 0 aliphatic rings. The van der Waals surface area contributed by atoms with Crippen molar-refractivity contribution in [3.63, 3.8) is 0 Å². The summed E-state index contributed by atoms with van der Waals surface area (Å²) in [5.74, 6) is 0.326. The Hall–Kier alpha value is -1.72. The molecule has 0 aromatic carbocycles. The third kappa shape index (κ3) is 3.79. The molecule has 0 radical (unpaired) electrons. The summed E-state index contributed by atoms with van der Waals surface area (Å²) in [5.41, 5.74) is 0. The zero-order valence-electron chi connectivity index (χ0n) is 7.91. The highest BCUT2D eigenvalue weighted by atomic mass is 16.2. The lowest BCUT2D eigenvalue weighted by Gasteiger charge is -2.00. The minimum atomic E-state index is -0.253. The summed E-state index contributed by atoms with van der Waals surface area (Å²) in [5, 5.41) is 8.94. The number of aromatic amines is 1. The van der Waals surface area contributed by atoms with Crippen LogP contribution in [0.25, 0.3) is 0 Å². The second kappa shape index (κ2) is 5.11. The van der Waals surface area contributed by atoms with Gasteiger partial charge in [0.25, 0.3) is 0 Å². The molecule has 0 fully saturated rings. The van der Waals surface area contributed by atoms with Crippen molar-refractivity contribution in [2.45, 2.75) is 19.8 Å². The number of carbonyl (C=O) groups excluding carboxylic acids is 2. The third-order valence-corrected chi connectivity index (χ3v) is 1.56. The fourth-order valence-corrected chi connectivity index (χ4v) is 0.960. The predicted octanol–water partition coefficient (Wildman–Crippen LogP) is -0.558. The van der Waals surface area contributed by atoms with Crippen molar-refractivity contribution in [2.75, 3.05) is 6.54 Å². The van der Waals surface area contributed by atoms with Crippen molar-refractivity contribution in [3.05, 3.63) is 12.2 Å². The van der Waals surface area contributed by atoms with E-state index < -0.39 is 0 Å². The Morgan fingerprint density at radius 2 is 2.36 bits per heavy atom. The van der Waals surface area contributed by atoms with Crippen molar-refractivity contribution in [1.29, 1.82) is 0 Å². The number of H-pyrrole nitrogens is 1. The molecule has 1 amide bonds. The second-order valence-corrected chi connectivity index (χ2v) is 2.91. The Morgan fingerprint density at radius 3 is 2.93 bits per heavy atom. The Kier molecular flexibility index (Phi) is 3.78. The van der Waals surface area contributed by atoms with E-state index in [4.69, 9.17) is 0 Å². The summed E-state index contributed by atoms with van der Waals surface area (Å²) in [4.78, 5) is 25.4. The van der Waals surface area contributed by atoms with Gasteiger partial charge in [0.05, 0.1) is 6.42 Å². The molecule has 6 nitrogen and oxygen atoms in total. The number of amides is 1. The van der Waals surface area contributed by atoms with Crippen LogP contribution in [0.5, 0.6) is 0 Å². The molecule has 76 valence electrons. The van der Waals surface area contributed by atoms with Gasteiger partial charge in [0.1, 0.15) is 17.9 Å². The molecule has 0 unspecified atom stereocenters. The van der Waals surface area contributed by atoms with E-state index in [2.05, 4.69) is 20.5 Å². The van der Waals surface area contributed by atoms with Crippen LogP contribution >= 0.6 is 0 Å². The molecule has 0 aliphatic heterocycles. The zero-order valence-corrected chi connectivity index (χ0v) is 7.91. The number of hydrogen-bond acceptors (Lipinski definition) is 4. The summed E-state index contributed by atoms with van der Waals surface area (Å²) in [6.07, 6.45) is 1.94. The van der Waals surface area contributed by atoms with Crippen LogP contribution in [0.1, 0.15) is 19.2 Å². The van der Waals surface area contributed by atoms with Gasteiger partial charge in [0.15, 0.2) is 0 Å². The van der Waals surface area contributed by atoms with E-state index in [1.165, 1.54) is 13.3 Å². The normalized spacial score (nSPS) is 9.79. The number of aromatic nitrogens is 3. The zero-order chi connectivity index (χ0) is 10.4. The van der Waals surface area contributed by atoms with Gasteiger partial charge in [0, 0.05) is 13.0 Å². The Labute approximate surface area is 81.1 Å². The van der Waals surface area contributed by atoms with Crippen molar-refractivity contribution < 1.29 is 9.59 Å². The number of carbonyl (C=O) groups is 2. The van der Waals surface area contributed by atoms with E-state index in [0.29, 0.717) is 18.8 Å². The van der Waals surface area contributed by atoms with E-state index in [1.807, 2.05) is 0 Å².